The van der Waals surface area contributed by atoms with Crippen LogP contribution in [-0.4, -0.2) is 73.7 Å². The summed E-state index contributed by atoms with van der Waals surface area (Å²) in [4.78, 5) is 18.1. The smallest absolute Gasteiger partial charge is 0.311 e. The molecule has 5 rings (SSSR count). The fourth-order valence-corrected chi connectivity index (χ4v) is 7.78. The molecular formula is C50H65N4O6+. The molecule has 0 saturated carbocycles. The van der Waals surface area contributed by atoms with Crippen LogP contribution in [0.3, 0.4) is 0 Å². The molecule has 1 aromatic heterocycles. The number of pyridine rings is 1. The highest BCUT2D eigenvalue weighted by Gasteiger charge is 2.37. The number of esters is 1. The van der Waals surface area contributed by atoms with E-state index in [9.17, 15) is 9.90 Å². The number of methoxy groups -OCH3 is 1. The second-order valence-corrected chi connectivity index (χ2v) is 16.1. The number of para-hydroxylation sites is 1. The number of azo groups is 1. The summed E-state index contributed by atoms with van der Waals surface area (Å²) in [7, 11) is 1.64. The van der Waals surface area contributed by atoms with Crippen LogP contribution < -0.4 is 4.74 Å². The Bertz CT molecular complexity index is 2110. The average Bonchev–Trinajstić information content (AvgIpc) is 3.28. The fourth-order valence-electron chi connectivity index (χ4n) is 7.78. The van der Waals surface area contributed by atoms with Crippen molar-refractivity contribution in [2.24, 2.45) is 15.6 Å². The number of ether oxygens (including phenoxy) is 4. The minimum Gasteiger partial charge on any atom is -0.505 e. The van der Waals surface area contributed by atoms with Gasteiger partial charge in [-0.15, -0.1) is 10.2 Å². The number of phenols is 1. The zero-order valence-electron chi connectivity index (χ0n) is 36.7. The second-order valence-electron chi connectivity index (χ2n) is 16.1. The molecule has 0 bridgehead atoms. The lowest BCUT2D eigenvalue weighted by Crippen LogP contribution is -2.46. The Kier molecular flexibility index (Phi) is 17.2. The SMILES string of the molecule is CCC(C)(CC(CC(C)c1ccc(COc2ccc(N=Nc3cccc4cccnc34)c(O)c2)cc1)c1ccc(C[N+](CC)(CC)CC)cc1)C(=O)OCCOCCOC. The van der Waals surface area contributed by atoms with Crippen LogP contribution in [0.1, 0.15) is 94.9 Å². The van der Waals surface area contributed by atoms with E-state index in [1.54, 1.807) is 31.5 Å². The third-order valence-electron chi connectivity index (χ3n) is 12.3. The van der Waals surface area contributed by atoms with Crippen molar-refractivity contribution in [3.8, 4) is 11.5 Å². The zero-order valence-corrected chi connectivity index (χ0v) is 36.7. The van der Waals surface area contributed by atoms with Crippen molar-refractivity contribution in [1.29, 1.82) is 0 Å². The second kappa shape index (κ2) is 22.4. The van der Waals surface area contributed by atoms with Crippen LogP contribution in [0.5, 0.6) is 11.5 Å². The van der Waals surface area contributed by atoms with Crippen molar-refractivity contribution >= 4 is 28.2 Å². The molecule has 0 aliphatic heterocycles. The van der Waals surface area contributed by atoms with E-state index in [-0.39, 0.29) is 30.2 Å². The quantitative estimate of drug-likeness (QED) is 0.0286. The maximum Gasteiger partial charge on any atom is 0.311 e. The maximum absolute atomic E-state index is 13.6. The predicted molar refractivity (Wildman–Crippen MR) is 239 cm³/mol. The van der Waals surface area contributed by atoms with Crippen LogP contribution in [0.4, 0.5) is 11.4 Å². The van der Waals surface area contributed by atoms with Gasteiger partial charge in [0.2, 0.25) is 0 Å². The molecule has 0 spiro atoms. The first kappa shape index (κ1) is 45.9. The van der Waals surface area contributed by atoms with Gasteiger partial charge in [0.1, 0.15) is 42.6 Å². The molecule has 10 heteroatoms. The molecule has 0 saturated heterocycles. The Balaban J connectivity index is 1.25. The zero-order chi connectivity index (χ0) is 43.0. The van der Waals surface area contributed by atoms with Gasteiger partial charge >= 0.3 is 5.97 Å². The lowest BCUT2D eigenvalue weighted by molar-refractivity contribution is -0.936. The predicted octanol–water partition coefficient (Wildman–Crippen LogP) is 11.6. The van der Waals surface area contributed by atoms with E-state index in [2.05, 4.69) is 98.4 Å². The number of carbonyl (C=O) groups excluding carboxylic acids is 1. The van der Waals surface area contributed by atoms with Crippen LogP contribution in [0.25, 0.3) is 10.9 Å². The first-order valence-electron chi connectivity index (χ1n) is 21.5. The monoisotopic (exact) mass is 817 g/mol. The van der Waals surface area contributed by atoms with Gasteiger partial charge in [-0.25, -0.2) is 0 Å². The average molecular weight is 818 g/mol. The highest BCUT2D eigenvalue weighted by molar-refractivity contribution is 5.88. The Morgan fingerprint density at radius 1 is 0.800 bits per heavy atom. The van der Waals surface area contributed by atoms with Crippen LogP contribution in [0, 0.1) is 5.41 Å². The molecule has 5 aromatic rings. The Morgan fingerprint density at radius 2 is 1.47 bits per heavy atom. The van der Waals surface area contributed by atoms with E-state index in [0.717, 1.165) is 53.5 Å². The molecule has 60 heavy (non-hydrogen) atoms. The standard InChI is InChI=1S/C50H64N4O6/c1-8-50(6,49(56)59-31-30-58-29-28-57-7)34-43(41-23-17-38(18-24-41)35-54(9-2,10-3)11-4)32-37(5)40-21-19-39(20-22-40)36-60-44-25-26-45(47(55)33-44)52-53-46-16-12-14-42-15-13-27-51-48(42)46/h12-27,33,37,43H,8-11,28-32,34-36H2,1-7H3/p+1. The van der Waals surface area contributed by atoms with Crippen molar-refractivity contribution in [2.75, 3.05) is 53.2 Å². The van der Waals surface area contributed by atoms with Gasteiger partial charge < -0.3 is 28.5 Å². The molecule has 1 N–H and O–H groups in total. The molecule has 0 aliphatic carbocycles. The summed E-state index contributed by atoms with van der Waals surface area (Å²) < 4.78 is 23.5. The normalized spacial score (nSPS) is 13.9. The van der Waals surface area contributed by atoms with Gasteiger partial charge in [0.05, 0.1) is 50.4 Å². The summed E-state index contributed by atoms with van der Waals surface area (Å²) in [5.74, 6) is 0.690. The number of quaternary nitrogens is 1. The summed E-state index contributed by atoms with van der Waals surface area (Å²) in [6, 6.07) is 32.3. The molecule has 320 valence electrons. The minimum atomic E-state index is -0.654. The van der Waals surface area contributed by atoms with Crippen molar-refractivity contribution in [2.45, 2.75) is 85.8 Å². The molecule has 4 aromatic carbocycles. The Morgan fingerprint density at radius 3 is 2.15 bits per heavy atom. The first-order chi connectivity index (χ1) is 29.1. The Hall–Kier alpha value is -5.16. The lowest BCUT2D eigenvalue weighted by atomic mass is 9.73. The van der Waals surface area contributed by atoms with Gasteiger partial charge in [-0.1, -0.05) is 80.6 Å². The molecular weight excluding hydrogens is 753 g/mol. The molecule has 0 aliphatic rings. The van der Waals surface area contributed by atoms with Gasteiger partial charge in [-0.3, -0.25) is 9.78 Å². The number of phenolic OH excluding ortho intramolecular Hbond substituents is 1. The fraction of sp³-hybridized carbons (Fsp3) is 0.440. The summed E-state index contributed by atoms with van der Waals surface area (Å²) in [6.45, 7) is 19.4. The molecule has 0 fully saturated rings. The van der Waals surface area contributed by atoms with E-state index in [1.807, 2.05) is 37.3 Å². The van der Waals surface area contributed by atoms with E-state index in [4.69, 9.17) is 18.9 Å². The molecule has 1 heterocycles. The highest BCUT2D eigenvalue weighted by atomic mass is 16.6. The number of carbonyl (C=O) groups is 1. The molecule has 10 nitrogen and oxygen atoms in total. The highest BCUT2D eigenvalue weighted by Crippen LogP contribution is 2.41. The number of aromatic hydroxyl groups is 1. The van der Waals surface area contributed by atoms with Crippen LogP contribution in [0.2, 0.25) is 0 Å². The van der Waals surface area contributed by atoms with E-state index in [1.165, 1.54) is 16.7 Å². The van der Waals surface area contributed by atoms with Gasteiger partial charge in [0.25, 0.3) is 0 Å². The van der Waals surface area contributed by atoms with E-state index in [0.29, 0.717) is 56.4 Å². The van der Waals surface area contributed by atoms with Crippen LogP contribution in [0.15, 0.2) is 113 Å². The summed E-state index contributed by atoms with van der Waals surface area (Å²) in [6.07, 6.45) is 3.94. The van der Waals surface area contributed by atoms with Gasteiger partial charge in [-0.2, -0.15) is 0 Å². The molecule has 0 radical (unpaired) electrons. The van der Waals surface area contributed by atoms with Crippen molar-refractivity contribution in [3.05, 3.63) is 126 Å². The number of rotatable bonds is 24. The number of hydrogen-bond donors (Lipinski definition) is 1. The van der Waals surface area contributed by atoms with E-state index < -0.39 is 5.41 Å². The number of benzene rings is 4. The van der Waals surface area contributed by atoms with Gasteiger partial charge in [-0.05, 0) is 99.7 Å². The number of hydrogen-bond acceptors (Lipinski definition) is 9. The molecule has 0 amide bonds. The number of aromatic nitrogens is 1. The molecule has 3 unspecified atom stereocenters. The Labute approximate surface area is 357 Å². The van der Waals surface area contributed by atoms with Gasteiger partial charge in [0.15, 0.2) is 0 Å². The van der Waals surface area contributed by atoms with Gasteiger partial charge in [0, 0.05) is 30.3 Å². The maximum atomic E-state index is 13.6. The lowest BCUT2D eigenvalue weighted by Gasteiger charge is -2.36. The van der Waals surface area contributed by atoms with Crippen molar-refractivity contribution in [1.82, 2.24) is 4.98 Å². The third-order valence-corrected chi connectivity index (χ3v) is 12.3. The first-order valence-corrected chi connectivity index (χ1v) is 21.5. The number of nitrogens with zero attached hydrogens (tertiary/aromatic N) is 4. The molecule has 3 atom stereocenters. The summed E-state index contributed by atoms with van der Waals surface area (Å²) in [5.41, 5.74) is 5.88. The topological polar surface area (TPSA) is 112 Å². The minimum absolute atomic E-state index is 0.0210. The summed E-state index contributed by atoms with van der Waals surface area (Å²) in [5, 5.41) is 20.3. The number of fused-ring (bicyclic) bond motifs is 1. The van der Waals surface area contributed by atoms with E-state index >= 15 is 0 Å². The third kappa shape index (κ3) is 12.4. The summed E-state index contributed by atoms with van der Waals surface area (Å²) >= 11 is 0. The van der Waals surface area contributed by atoms with Crippen LogP contribution in [-0.2, 0) is 32.2 Å². The van der Waals surface area contributed by atoms with Crippen molar-refractivity contribution in [3.63, 3.8) is 0 Å². The van der Waals surface area contributed by atoms with Crippen molar-refractivity contribution < 1.29 is 33.3 Å². The van der Waals surface area contributed by atoms with Crippen LogP contribution >= 0.6 is 0 Å². The largest absolute Gasteiger partial charge is 0.505 e.